The third-order valence-electron chi connectivity index (χ3n) is 4.31. The Bertz CT molecular complexity index is 783. The van der Waals surface area contributed by atoms with Crippen LogP contribution in [0.1, 0.15) is 13.8 Å². The van der Waals surface area contributed by atoms with E-state index >= 15 is 0 Å². The first kappa shape index (κ1) is 15.1. The molecule has 23 heavy (non-hydrogen) atoms. The minimum absolute atomic E-state index is 0.307. The fourth-order valence-corrected chi connectivity index (χ4v) is 2.98. The Kier molecular flexibility index (Phi) is 3.39. The molecule has 2 aromatic rings. The molecule has 2 atom stereocenters. The number of anilines is 1. The van der Waals surface area contributed by atoms with Crippen molar-refractivity contribution in [3.05, 3.63) is 24.3 Å². The molecule has 1 heterocycles. The van der Waals surface area contributed by atoms with Crippen molar-refractivity contribution in [1.29, 1.82) is 0 Å². The molecule has 0 aliphatic heterocycles. The van der Waals surface area contributed by atoms with Gasteiger partial charge in [-0.05, 0) is 22.8 Å². The van der Waals surface area contributed by atoms with Crippen LogP contribution in [0.3, 0.4) is 0 Å². The van der Waals surface area contributed by atoms with Gasteiger partial charge in [0.15, 0.2) is 0 Å². The van der Waals surface area contributed by atoms with Gasteiger partial charge in [0.05, 0.1) is 24.6 Å². The number of aliphatic carboxylic acids is 1. The van der Waals surface area contributed by atoms with Crippen molar-refractivity contribution >= 4 is 17.6 Å². The Hall–Kier alpha value is -2.77. The fourth-order valence-electron chi connectivity index (χ4n) is 2.98. The van der Waals surface area contributed by atoms with E-state index in [4.69, 9.17) is 0 Å². The number of benzene rings is 1. The highest BCUT2D eigenvalue weighted by Gasteiger charge is 2.65. The second kappa shape index (κ2) is 5.15. The van der Waals surface area contributed by atoms with Crippen molar-refractivity contribution in [1.82, 2.24) is 20.2 Å². The van der Waals surface area contributed by atoms with Crippen molar-refractivity contribution in [3.8, 4) is 11.4 Å². The largest absolute Gasteiger partial charge is 0.481 e. The lowest BCUT2D eigenvalue weighted by Gasteiger charge is -2.09. The van der Waals surface area contributed by atoms with Crippen molar-refractivity contribution in [3.63, 3.8) is 0 Å². The van der Waals surface area contributed by atoms with Crippen LogP contribution in [0.4, 0.5) is 5.69 Å². The van der Waals surface area contributed by atoms with Crippen molar-refractivity contribution in [2.75, 3.05) is 5.32 Å². The molecule has 0 radical (unpaired) electrons. The number of nitrogens with one attached hydrogen (secondary N) is 1. The van der Waals surface area contributed by atoms with Crippen LogP contribution in [0.15, 0.2) is 24.3 Å². The van der Waals surface area contributed by atoms with Crippen LogP contribution in [0, 0.1) is 17.3 Å². The van der Waals surface area contributed by atoms with Crippen LogP contribution in [-0.2, 0) is 16.6 Å². The van der Waals surface area contributed by atoms with E-state index < -0.39 is 23.2 Å². The minimum Gasteiger partial charge on any atom is -0.481 e. The topological polar surface area (TPSA) is 110 Å². The second-order valence-electron chi connectivity index (χ2n) is 6.25. The number of tetrazole rings is 1. The molecule has 0 unspecified atom stereocenters. The van der Waals surface area contributed by atoms with Crippen LogP contribution in [0.25, 0.3) is 11.4 Å². The Morgan fingerprint density at radius 2 is 1.96 bits per heavy atom. The van der Waals surface area contributed by atoms with Gasteiger partial charge in [-0.2, -0.15) is 4.80 Å². The number of amides is 1. The summed E-state index contributed by atoms with van der Waals surface area (Å²) in [6.07, 6.45) is 0. The second-order valence-corrected chi connectivity index (χ2v) is 6.25. The molecular formula is C15H17N5O3. The maximum Gasteiger partial charge on any atom is 0.307 e. The summed E-state index contributed by atoms with van der Waals surface area (Å²) in [5, 5.41) is 23.9. The molecule has 1 amide bonds. The Morgan fingerprint density at radius 1 is 1.26 bits per heavy atom. The predicted molar refractivity (Wildman–Crippen MR) is 81.3 cm³/mol. The van der Waals surface area contributed by atoms with Gasteiger partial charge in [0.25, 0.3) is 0 Å². The molecule has 0 spiro atoms. The first-order valence-corrected chi connectivity index (χ1v) is 7.19. The molecule has 3 rings (SSSR count). The summed E-state index contributed by atoms with van der Waals surface area (Å²) < 4.78 is 0. The van der Waals surface area contributed by atoms with E-state index in [0.717, 1.165) is 0 Å². The molecule has 0 bridgehead atoms. The average molecular weight is 315 g/mol. The number of aryl methyl sites for hydroxylation is 1. The molecule has 1 fully saturated rings. The number of rotatable bonds is 4. The number of hydrogen-bond donors (Lipinski definition) is 2. The van der Waals surface area contributed by atoms with E-state index in [-0.39, 0.29) is 5.91 Å². The van der Waals surface area contributed by atoms with E-state index in [1.165, 1.54) is 4.80 Å². The maximum atomic E-state index is 12.5. The Morgan fingerprint density at radius 3 is 2.52 bits per heavy atom. The fraction of sp³-hybridized carbons (Fsp3) is 0.400. The predicted octanol–water partition coefficient (Wildman–Crippen LogP) is 1.17. The smallest absolute Gasteiger partial charge is 0.307 e. The summed E-state index contributed by atoms with van der Waals surface area (Å²) in [5.74, 6) is -2.07. The number of hydrogen-bond acceptors (Lipinski definition) is 5. The zero-order valence-electron chi connectivity index (χ0n) is 13.0. The van der Waals surface area contributed by atoms with E-state index in [1.807, 2.05) is 6.07 Å². The first-order valence-electron chi connectivity index (χ1n) is 7.19. The van der Waals surface area contributed by atoms with Gasteiger partial charge in [-0.3, -0.25) is 9.59 Å². The number of carboxylic acid groups (broad SMARTS) is 1. The van der Waals surface area contributed by atoms with E-state index in [1.54, 1.807) is 39.1 Å². The van der Waals surface area contributed by atoms with E-state index in [0.29, 0.717) is 17.1 Å². The van der Waals surface area contributed by atoms with Crippen LogP contribution in [0.5, 0.6) is 0 Å². The van der Waals surface area contributed by atoms with Gasteiger partial charge in [-0.15, -0.1) is 10.2 Å². The van der Waals surface area contributed by atoms with Crippen molar-refractivity contribution < 1.29 is 14.7 Å². The molecule has 1 saturated carbocycles. The van der Waals surface area contributed by atoms with E-state index in [2.05, 4.69) is 20.7 Å². The number of carbonyl (C=O) groups is 2. The first-order chi connectivity index (χ1) is 10.8. The lowest BCUT2D eigenvalue weighted by molar-refractivity contribution is -0.140. The summed E-state index contributed by atoms with van der Waals surface area (Å²) in [5.41, 5.74) is 0.631. The van der Waals surface area contributed by atoms with Crippen LogP contribution in [0.2, 0.25) is 0 Å². The standard InChI is InChI=1S/C15H17N5O3/c1-15(2)10(11(15)14(22)23)13(21)16-9-7-5-4-6-8(9)12-17-19-20(3)18-12/h4-7,10-11H,1-3H3,(H,16,21)(H,22,23)/t10-,11-/m1/s1. The van der Waals surface area contributed by atoms with Gasteiger partial charge in [-0.1, -0.05) is 26.0 Å². The SMILES string of the molecule is Cn1nnc(-c2ccccc2NC(=O)[C@H]2[C@H](C(=O)O)C2(C)C)n1. The summed E-state index contributed by atoms with van der Waals surface area (Å²) in [4.78, 5) is 25.0. The molecule has 8 heteroatoms. The summed E-state index contributed by atoms with van der Waals surface area (Å²) in [6, 6.07) is 7.10. The molecule has 120 valence electrons. The number of carboxylic acids is 1. The maximum absolute atomic E-state index is 12.5. The average Bonchev–Trinajstić information content (AvgIpc) is 2.83. The van der Waals surface area contributed by atoms with Gasteiger partial charge in [0.1, 0.15) is 0 Å². The number of carbonyl (C=O) groups excluding carboxylic acids is 1. The van der Waals surface area contributed by atoms with Crippen molar-refractivity contribution in [2.45, 2.75) is 13.8 Å². The lowest BCUT2D eigenvalue weighted by Crippen LogP contribution is -2.18. The van der Waals surface area contributed by atoms with Crippen LogP contribution < -0.4 is 5.32 Å². The molecule has 0 saturated heterocycles. The number of para-hydroxylation sites is 1. The summed E-state index contributed by atoms with van der Waals surface area (Å²) in [6.45, 7) is 3.57. The molecule has 2 N–H and O–H groups in total. The lowest BCUT2D eigenvalue weighted by atomic mass is 10.1. The molecule has 8 nitrogen and oxygen atoms in total. The summed E-state index contributed by atoms with van der Waals surface area (Å²) in [7, 11) is 1.65. The monoisotopic (exact) mass is 315 g/mol. The summed E-state index contributed by atoms with van der Waals surface area (Å²) >= 11 is 0. The number of nitrogens with zero attached hydrogens (tertiary/aromatic N) is 4. The van der Waals surface area contributed by atoms with Gasteiger partial charge in [0.2, 0.25) is 11.7 Å². The number of aromatic nitrogens is 4. The van der Waals surface area contributed by atoms with E-state index in [9.17, 15) is 14.7 Å². The van der Waals surface area contributed by atoms with Gasteiger partial charge in [-0.25, -0.2) is 0 Å². The highest BCUT2D eigenvalue weighted by atomic mass is 16.4. The molecular weight excluding hydrogens is 298 g/mol. The highest BCUT2D eigenvalue weighted by molar-refractivity contribution is 6.01. The van der Waals surface area contributed by atoms with Gasteiger partial charge in [0, 0.05) is 5.56 Å². The molecule has 1 aromatic carbocycles. The zero-order chi connectivity index (χ0) is 16.8. The minimum atomic E-state index is -0.945. The van der Waals surface area contributed by atoms with Crippen LogP contribution >= 0.6 is 0 Å². The quantitative estimate of drug-likeness (QED) is 0.876. The van der Waals surface area contributed by atoms with Gasteiger partial charge < -0.3 is 10.4 Å². The van der Waals surface area contributed by atoms with Gasteiger partial charge >= 0.3 is 5.97 Å². The molecule has 1 aliphatic rings. The third kappa shape index (κ3) is 2.56. The van der Waals surface area contributed by atoms with Crippen molar-refractivity contribution in [2.24, 2.45) is 24.3 Å². The Labute approximate surface area is 132 Å². The van der Waals surface area contributed by atoms with Crippen LogP contribution in [-0.4, -0.2) is 37.2 Å². The molecule has 1 aliphatic carbocycles. The highest BCUT2D eigenvalue weighted by Crippen LogP contribution is 2.58. The third-order valence-corrected chi connectivity index (χ3v) is 4.31. The Balaban J connectivity index is 1.85. The normalized spacial score (nSPS) is 21.7. The zero-order valence-corrected chi connectivity index (χ0v) is 13.0. The molecule has 1 aromatic heterocycles.